The Bertz CT molecular complexity index is 415. The number of hydrogen-bond donors (Lipinski definition) is 0. The molecule has 0 aliphatic heterocycles. The van der Waals surface area contributed by atoms with E-state index in [2.05, 4.69) is 34.3 Å². The summed E-state index contributed by atoms with van der Waals surface area (Å²) < 4.78 is 24.7. The van der Waals surface area contributed by atoms with Crippen LogP contribution in [-0.4, -0.2) is 40.7 Å². The molecule has 0 bridgehead atoms. The molecule has 6 heteroatoms. The number of hydrogen-bond acceptors (Lipinski definition) is 5. The quantitative estimate of drug-likeness (QED) is 0.0840. The predicted octanol–water partition coefficient (Wildman–Crippen LogP) is 6.83. The summed E-state index contributed by atoms with van der Waals surface area (Å²) in [4.78, 5) is 12.1. The standard InChI is InChI=1S/C24H48O5Si/c1-7-11-15-16-23(29-24(25)22(5)6)17-21-30(26-18-12-8-2,27-19-13-9-3)28-20-14-10-4/h23H,5,7-21H2,1-4,6H3. The molecule has 0 fully saturated rings. The third-order valence-corrected chi connectivity index (χ3v) is 7.82. The SMILES string of the molecule is C=C(C)C(=O)OC(CCCCC)CC[Si](OCCCC)(OCCCC)OCCCC. The Morgan fingerprint density at radius 1 is 0.767 bits per heavy atom. The minimum Gasteiger partial charge on any atom is -0.459 e. The maximum Gasteiger partial charge on any atom is 0.501 e. The zero-order valence-corrected chi connectivity index (χ0v) is 21.4. The van der Waals surface area contributed by atoms with Crippen LogP contribution in [0.25, 0.3) is 0 Å². The molecule has 0 aliphatic rings. The summed E-state index contributed by atoms with van der Waals surface area (Å²) in [7, 11) is -2.81. The largest absolute Gasteiger partial charge is 0.501 e. The highest BCUT2D eigenvalue weighted by molar-refractivity contribution is 6.60. The summed E-state index contributed by atoms with van der Waals surface area (Å²) in [5, 5.41) is 0. The van der Waals surface area contributed by atoms with Gasteiger partial charge in [0.2, 0.25) is 0 Å². The number of unbranched alkanes of at least 4 members (excludes halogenated alkanes) is 5. The van der Waals surface area contributed by atoms with E-state index in [0.29, 0.717) is 37.9 Å². The van der Waals surface area contributed by atoms with Gasteiger partial charge in [-0.15, -0.1) is 0 Å². The van der Waals surface area contributed by atoms with Gasteiger partial charge in [0.15, 0.2) is 0 Å². The zero-order valence-electron chi connectivity index (χ0n) is 20.4. The first-order valence-electron chi connectivity index (χ1n) is 12.2. The van der Waals surface area contributed by atoms with E-state index in [9.17, 15) is 4.79 Å². The highest BCUT2D eigenvalue weighted by atomic mass is 28.4. The summed E-state index contributed by atoms with van der Waals surface area (Å²) >= 11 is 0. The van der Waals surface area contributed by atoms with Gasteiger partial charge in [-0.2, -0.15) is 0 Å². The van der Waals surface area contributed by atoms with Crippen LogP contribution in [-0.2, 0) is 22.8 Å². The van der Waals surface area contributed by atoms with Crippen molar-refractivity contribution < 1.29 is 22.8 Å². The normalized spacial score (nSPS) is 12.7. The molecule has 0 amide bonds. The van der Waals surface area contributed by atoms with Crippen LogP contribution < -0.4 is 0 Å². The first-order valence-corrected chi connectivity index (χ1v) is 14.2. The fourth-order valence-electron chi connectivity index (χ4n) is 2.93. The lowest BCUT2D eigenvalue weighted by molar-refractivity contribution is -0.144. The van der Waals surface area contributed by atoms with E-state index in [1.165, 1.54) is 0 Å². The van der Waals surface area contributed by atoms with E-state index in [4.69, 9.17) is 18.0 Å². The van der Waals surface area contributed by atoms with Crippen molar-refractivity contribution in [1.82, 2.24) is 0 Å². The van der Waals surface area contributed by atoms with Gasteiger partial charge in [-0.05, 0) is 45.4 Å². The molecule has 0 rings (SSSR count). The fraction of sp³-hybridized carbons (Fsp3) is 0.875. The lowest BCUT2D eigenvalue weighted by atomic mass is 10.1. The molecule has 0 saturated carbocycles. The molecule has 0 aromatic carbocycles. The zero-order chi connectivity index (χ0) is 22.7. The maximum atomic E-state index is 12.1. The van der Waals surface area contributed by atoms with E-state index in [0.717, 1.165) is 64.2 Å². The molecule has 1 atom stereocenters. The van der Waals surface area contributed by atoms with Crippen LogP contribution in [0.3, 0.4) is 0 Å². The van der Waals surface area contributed by atoms with Crippen molar-refractivity contribution in [1.29, 1.82) is 0 Å². The first kappa shape index (κ1) is 29.3. The summed E-state index contributed by atoms with van der Waals surface area (Å²) in [5.74, 6) is -0.311. The minimum absolute atomic E-state index is 0.146. The smallest absolute Gasteiger partial charge is 0.459 e. The van der Waals surface area contributed by atoms with E-state index in [1.54, 1.807) is 6.92 Å². The Kier molecular flexibility index (Phi) is 18.6. The molecule has 0 spiro atoms. The number of carbonyl (C=O) groups is 1. The fourth-order valence-corrected chi connectivity index (χ4v) is 5.66. The molecule has 30 heavy (non-hydrogen) atoms. The molecule has 0 aromatic heterocycles. The van der Waals surface area contributed by atoms with Gasteiger partial charge in [-0.3, -0.25) is 0 Å². The van der Waals surface area contributed by atoms with Gasteiger partial charge in [-0.25, -0.2) is 4.79 Å². The van der Waals surface area contributed by atoms with Crippen molar-refractivity contribution in [3.05, 3.63) is 12.2 Å². The van der Waals surface area contributed by atoms with Gasteiger partial charge < -0.3 is 18.0 Å². The first-order chi connectivity index (χ1) is 14.4. The van der Waals surface area contributed by atoms with Gasteiger partial charge in [0.05, 0.1) is 0 Å². The van der Waals surface area contributed by atoms with Crippen LogP contribution in [0.2, 0.25) is 6.04 Å². The van der Waals surface area contributed by atoms with Crippen molar-refractivity contribution in [3.8, 4) is 0 Å². The number of carbonyl (C=O) groups excluding carboxylic acids is 1. The Morgan fingerprint density at radius 2 is 1.23 bits per heavy atom. The van der Waals surface area contributed by atoms with E-state index >= 15 is 0 Å². The Hall–Kier alpha value is -0.693. The van der Waals surface area contributed by atoms with Crippen LogP contribution in [0.4, 0.5) is 0 Å². The summed E-state index contributed by atoms with van der Waals surface area (Å²) in [6.07, 6.45) is 10.9. The van der Waals surface area contributed by atoms with Gasteiger partial charge in [0.1, 0.15) is 6.10 Å². The Balaban J connectivity index is 5.23. The number of rotatable bonds is 21. The average molecular weight is 445 g/mol. The van der Waals surface area contributed by atoms with Crippen molar-refractivity contribution in [3.63, 3.8) is 0 Å². The highest BCUT2D eigenvalue weighted by Gasteiger charge is 2.41. The summed E-state index contributed by atoms with van der Waals surface area (Å²) in [6, 6.07) is 0.685. The van der Waals surface area contributed by atoms with Gasteiger partial charge in [-0.1, -0.05) is 66.4 Å². The second-order valence-electron chi connectivity index (χ2n) is 8.13. The van der Waals surface area contributed by atoms with Crippen LogP contribution >= 0.6 is 0 Å². The highest BCUT2D eigenvalue weighted by Crippen LogP contribution is 2.24. The van der Waals surface area contributed by atoms with Crippen LogP contribution in [0.5, 0.6) is 0 Å². The van der Waals surface area contributed by atoms with Gasteiger partial charge >= 0.3 is 14.8 Å². The van der Waals surface area contributed by atoms with Crippen LogP contribution in [0.1, 0.15) is 105 Å². The van der Waals surface area contributed by atoms with Crippen molar-refractivity contribution in [2.24, 2.45) is 0 Å². The van der Waals surface area contributed by atoms with Crippen molar-refractivity contribution >= 4 is 14.8 Å². The van der Waals surface area contributed by atoms with Gasteiger partial charge in [0.25, 0.3) is 0 Å². The van der Waals surface area contributed by atoms with E-state index < -0.39 is 8.80 Å². The molecular weight excluding hydrogens is 396 g/mol. The molecule has 178 valence electrons. The Labute approximate surface area is 187 Å². The maximum absolute atomic E-state index is 12.1. The molecular formula is C24H48O5Si. The summed E-state index contributed by atoms with van der Waals surface area (Å²) in [6.45, 7) is 16.0. The lowest BCUT2D eigenvalue weighted by Crippen LogP contribution is -2.47. The molecule has 1 unspecified atom stereocenters. The predicted molar refractivity (Wildman–Crippen MR) is 127 cm³/mol. The van der Waals surface area contributed by atoms with Crippen molar-refractivity contribution in [2.75, 3.05) is 19.8 Å². The van der Waals surface area contributed by atoms with Crippen LogP contribution in [0, 0.1) is 0 Å². The number of ether oxygens (including phenoxy) is 1. The molecule has 0 aliphatic carbocycles. The molecule has 0 saturated heterocycles. The number of esters is 1. The second-order valence-corrected chi connectivity index (χ2v) is 10.9. The average Bonchev–Trinajstić information content (AvgIpc) is 2.72. The van der Waals surface area contributed by atoms with E-state index in [1.807, 2.05) is 0 Å². The molecule has 0 radical (unpaired) electrons. The van der Waals surface area contributed by atoms with Crippen LogP contribution in [0.15, 0.2) is 12.2 Å². The Morgan fingerprint density at radius 3 is 1.63 bits per heavy atom. The second kappa shape index (κ2) is 19.0. The lowest BCUT2D eigenvalue weighted by Gasteiger charge is -2.31. The molecule has 0 N–H and O–H groups in total. The van der Waals surface area contributed by atoms with E-state index in [-0.39, 0.29) is 12.1 Å². The third-order valence-electron chi connectivity index (χ3n) is 4.98. The summed E-state index contributed by atoms with van der Waals surface area (Å²) in [5.41, 5.74) is 0.441. The molecule has 5 nitrogen and oxygen atoms in total. The minimum atomic E-state index is -2.81. The van der Waals surface area contributed by atoms with Gasteiger partial charge in [0, 0.05) is 31.4 Å². The topological polar surface area (TPSA) is 54.0 Å². The van der Waals surface area contributed by atoms with Crippen molar-refractivity contribution in [2.45, 2.75) is 117 Å². The molecule has 0 aromatic rings. The third kappa shape index (κ3) is 14.3. The monoisotopic (exact) mass is 444 g/mol. The molecule has 0 heterocycles.